The number of anilines is 1. The topological polar surface area (TPSA) is 54.3 Å². The van der Waals surface area contributed by atoms with Gasteiger partial charge in [-0.1, -0.05) is 19.1 Å². The van der Waals surface area contributed by atoms with Crippen molar-refractivity contribution in [3.63, 3.8) is 0 Å². The molecule has 1 amide bonds. The van der Waals surface area contributed by atoms with Crippen LogP contribution in [0.3, 0.4) is 0 Å². The summed E-state index contributed by atoms with van der Waals surface area (Å²) in [5, 5.41) is 8.16. The van der Waals surface area contributed by atoms with E-state index in [4.69, 9.17) is 0 Å². The Labute approximate surface area is 228 Å². The van der Waals surface area contributed by atoms with Crippen LogP contribution >= 0.6 is 0 Å². The molecule has 1 saturated carbocycles. The van der Waals surface area contributed by atoms with Crippen LogP contribution < -0.4 is 4.90 Å². The van der Waals surface area contributed by atoms with E-state index in [1.165, 1.54) is 17.9 Å². The molecule has 0 N–H and O–H groups in total. The molecule has 212 valence electrons. The van der Waals surface area contributed by atoms with E-state index >= 15 is 0 Å². The monoisotopic (exact) mass is 559 g/mol. The minimum atomic E-state index is -4.66. The average molecular weight is 560 g/mol. The van der Waals surface area contributed by atoms with E-state index in [1.807, 2.05) is 29.8 Å². The third-order valence-electron chi connectivity index (χ3n) is 8.75. The first kappa shape index (κ1) is 26.9. The van der Waals surface area contributed by atoms with E-state index in [0.717, 1.165) is 30.3 Å². The molecule has 3 aromatic rings. The van der Waals surface area contributed by atoms with Crippen molar-refractivity contribution < 1.29 is 26.7 Å². The summed E-state index contributed by atoms with van der Waals surface area (Å²) < 4.78 is 72.4. The molecule has 11 heteroatoms. The van der Waals surface area contributed by atoms with Gasteiger partial charge in [0.15, 0.2) is 0 Å². The maximum absolute atomic E-state index is 14.2. The van der Waals surface area contributed by atoms with Gasteiger partial charge in [-0.2, -0.15) is 13.2 Å². The standard InChI is InChI=1S/C29H30F5N5O/c1-18-14-38(9-8-28(18,30)31)15-19-10-22-23(24(11-19)29(32,33)34)16-39(26(22)40)21-5-3-4-20(12-21)27(6-7-27)13-25-36-35-17-37(25)2/h3-5,10-12,17-18H,6-9,13-16H2,1-2H3. The van der Waals surface area contributed by atoms with Gasteiger partial charge in [-0.3, -0.25) is 9.69 Å². The van der Waals surface area contributed by atoms with Crippen LogP contribution in [0.4, 0.5) is 27.6 Å². The summed E-state index contributed by atoms with van der Waals surface area (Å²) in [6.07, 6.45) is -0.777. The molecule has 40 heavy (non-hydrogen) atoms. The normalized spacial score (nSPS) is 22.0. The fourth-order valence-electron chi connectivity index (χ4n) is 6.08. The Balaban J connectivity index is 1.28. The largest absolute Gasteiger partial charge is 0.416 e. The minimum absolute atomic E-state index is 0.0193. The van der Waals surface area contributed by atoms with Gasteiger partial charge in [0.2, 0.25) is 0 Å². The number of hydrogen-bond donors (Lipinski definition) is 0. The second kappa shape index (κ2) is 9.36. The zero-order valence-electron chi connectivity index (χ0n) is 22.3. The Bertz CT molecular complexity index is 1460. The molecule has 1 saturated heterocycles. The lowest BCUT2D eigenvalue weighted by Gasteiger charge is -2.36. The number of halogens is 5. The zero-order valence-corrected chi connectivity index (χ0v) is 22.3. The van der Waals surface area contributed by atoms with E-state index in [0.29, 0.717) is 17.7 Å². The second-order valence-electron chi connectivity index (χ2n) is 11.6. The summed E-state index contributed by atoms with van der Waals surface area (Å²) in [4.78, 5) is 16.7. The van der Waals surface area contributed by atoms with E-state index in [2.05, 4.69) is 10.2 Å². The Hall–Kier alpha value is -3.34. The molecule has 2 aromatic carbocycles. The summed E-state index contributed by atoms with van der Waals surface area (Å²) in [6, 6.07) is 10.0. The van der Waals surface area contributed by atoms with Crippen LogP contribution in [0.25, 0.3) is 0 Å². The SMILES string of the molecule is CC1CN(Cc2cc3c(c(C(F)(F)F)c2)CN(c2cccc(C4(Cc5nncn5C)CC4)c2)C3=O)CCC1(F)F. The van der Waals surface area contributed by atoms with Gasteiger partial charge in [-0.15, -0.1) is 10.2 Å². The molecule has 0 spiro atoms. The maximum Gasteiger partial charge on any atom is 0.416 e. The molecule has 0 radical (unpaired) electrons. The number of aromatic nitrogens is 3. The average Bonchev–Trinajstić information content (AvgIpc) is 3.47. The number of carbonyl (C=O) groups excluding carboxylic acids is 1. The number of fused-ring (bicyclic) bond motifs is 1. The van der Waals surface area contributed by atoms with Gasteiger partial charge in [0, 0.05) is 62.1 Å². The van der Waals surface area contributed by atoms with Crippen molar-refractivity contribution in [2.24, 2.45) is 13.0 Å². The number of amides is 1. The number of likely N-dealkylation sites (tertiary alicyclic amines) is 1. The summed E-state index contributed by atoms with van der Waals surface area (Å²) in [6.45, 7) is 1.50. The highest BCUT2D eigenvalue weighted by Gasteiger charge is 2.46. The van der Waals surface area contributed by atoms with Crippen LogP contribution in [-0.4, -0.2) is 44.6 Å². The second-order valence-corrected chi connectivity index (χ2v) is 11.6. The lowest BCUT2D eigenvalue weighted by Crippen LogP contribution is -2.45. The number of benzene rings is 2. The summed E-state index contributed by atoms with van der Waals surface area (Å²) in [5.74, 6) is -3.33. The number of aryl methyl sites for hydroxylation is 1. The van der Waals surface area contributed by atoms with Gasteiger partial charge in [0.25, 0.3) is 11.8 Å². The van der Waals surface area contributed by atoms with E-state index < -0.39 is 29.5 Å². The van der Waals surface area contributed by atoms with Crippen LogP contribution in [0.2, 0.25) is 0 Å². The summed E-state index contributed by atoms with van der Waals surface area (Å²) >= 11 is 0. The first-order valence-corrected chi connectivity index (χ1v) is 13.4. The highest BCUT2D eigenvalue weighted by Crippen LogP contribution is 2.51. The third-order valence-corrected chi connectivity index (χ3v) is 8.75. The van der Waals surface area contributed by atoms with Crippen molar-refractivity contribution in [1.29, 1.82) is 0 Å². The summed E-state index contributed by atoms with van der Waals surface area (Å²) in [5.41, 5.74) is 0.848. The Kier molecular flexibility index (Phi) is 6.28. The predicted molar refractivity (Wildman–Crippen MR) is 138 cm³/mol. The molecule has 1 atom stereocenters. The Morgan fingerprint density at radius 3 is 2.52 bits per heavy atom. The number of piperidine rings is 1. The maximum atomic E-state index is 14.2. The van der Waals surface area contributed by atoms with Gasteiger partial charge < -0.3 is 9.47 Å². The van der Waals surface area contributed by atoms with Crippen LogP contribution in [0.15, 0.2) is 42.7 Å². The minimum Gasteiger partial charge on any atom is -0.321 e. The Morgan fingerprint density at radius 1 is 1.10 bits per heavy atom. The lowest BCUT2D eigenvalue weighted by molar-refractivity contribution is -0.138. The molecule has 1 unspecified atom stereocenters. The highest BCUT2D eigenvalue weighted by atomic mass is 19.4. The number of rotatable bonds is 6. The van der Waals surface area contributed by atoms with Crippen LogP contribution in [-0.2, 0) is 38.1 Å². The molecule has 0 bridgehead atoms. The van der Waals surface area contributed by atoms with Gasteiger partial charge in [-0.25, -0.2) is 8.78 Å². The first-order chi connectivity index (χ1) is 18.9. The molecule has 1 aliphatic carbocycles. The molecule has 3 heterocycles. The van der Waals surface area contributed by atoms with Crippen LogP contribution in [0.5, 0.6) is 0 Å². The quantitative estimate of drug-likeness (QED) is 0.361. The van der Waals surface area contributed by atoms with Crippen LogP contribution in [0.1, 0.15) is 64.6 Å². The molecular weight excluding hydrogens is 529 g/mol. The van der Waals surface area contributed by atoms with Gasteiger partial charge in [0.05, 0.1) is 12.1 Å². The van der Waals surface area contributed by atoms with Crippen LogP contribution in [0, 0.1) is 5.92 Å². The van der Waals surface area contributed by atoms with Gasteiger partial charge >= 0.3 is 6.18 Å². The third kappa shape index (κ3) is 4.78. The van der Waals surface area contributed by atoms with Crippen molar-refractivity contribution >= 4 is 11.6 Å². The van der Waals surface area contributed by atoms with Crippen molar-refractivity contribution in [2.75, 3.05) is 18.0 Å². The van der Waals surface area contributed by atoms with Crippen molar-refractivity contribution in [3.05, 3.63) is 76.4 Å². The number of alkyl halides is 5. The van der Waals surface area contributed by atoms with Gasteiger partial charge in [0.1, 0.15) is 12.2 Å². The predicted octanol–water partition coefficient (Wildman–Crippen LogP) is 5.75. The molecule has 6 nitrogen and oxygen atoms in total. The summed E-state index contributed by atoms with van der Waals surface area (Å²) in [7, 11) is 1.88. The van der Waals surface area contributed by atoms with Crippen molar-refractivity contribution in [2.45, 2.75) is 63.2 Å². The molecule has 3 aliphatic rings. The number of nitrogens with zero attached hydrogens (tertiary/aromatic N) is 5. The van der Waals surface area contributed by atoms with Gasteiger partial charge in [-0.05, 0) is 53.8 Å². The van der Waals surface area contributed by atoms with E-state index in [9.17, 15) is 26.7 Å². The molecule has 2 fully saturated rings. The fourth-order valence-corrected chi connectivity index (χ4v) is 6.08. The molecule has 2 aliphatic heterocycles. The molecule has 6 rings (SSSR count). The van der Waals surface area contributed by atoms with Crippen molar-refractivity contribution in [3.8, 4) is 0 Å². The van der Waals surface area contributed by atoms with E-state index in [1.54, 1.807) is 17.3 Å². The van der Waals surface area contributed by atoms with E-state index in [-0.39, 0.29) is 49.1 Å². The fraction of sp³-hybridized carbons (Fsp3) is 0.483. The molecule has 1 aromatic heterocycles. The number of hydrogen-bond acceptors (Lipinski definition) is 4. The Morgan fingerprint density at radius 2 is 1.88 bits per heavy atom. The lowest BCUT2D eigenvalue weighted by atomic mass is 9.91. The zero-order chi connectivity index (χ0) is 28.4. The molecular formula is C29H30F5N5O. The first-order valence-electron chi connectivity index (χ1n) is 13.4. The smallest absolute Gasteiger partial charge is 0.321 e. The van der Waals surface area contributed by atoms with Crippen molar-refractivity contribution in [1.82, 2.24) is 19.7 Å². The number of carbonyl (C=O) groups is 1. The highest BCUT2D eigenvalue weighted by molar-refractivity contribution is 6.10.